The lowest BCUT2D eigenvalue weighted by Gasteiger charge is -1.93. The van der Waals surface area contributed by atoms with Crippen LogP contribution in [0.5, 0.6) is 0 Å². The third kappa shape index (κ3) is 25.9. The molecule has 0 spiro atoms. The van der Waals surface area contributed by atoms with E-state index in [1.54, 1.807) is 6.92 Å². The van der Waals surface area contributed by atoms with E-state index >= 15 is 0 Å². The van der Waals surface area contributed by atoms with E-state index in [1.807, 2.05) is 0 Å². The number of carboxylic acids is 1. The van der Waals surface area contributed by atoms with Gasteiger partial charge in [-0.05, 0) is 6.92 Å². The Morgan fingerprint density at radius 3 is 2.10 bits per heavy atom. The Morgan fingerprint density at radius 1 is 1.80 bits per heavy atom. The van der Waals surface area contributed by atoms with E-state index in [0.717, 1.165) is 6.29 Å². The molecule has 3 nitrogen and oxygen atoms in total. The predicted molar refractivity (Wildman–Crippen MR) is 42.4 cm³/mol. The van der Waals surface area contributed by atoms with Crippen LogP contribution in [0.15, 0.2) is 0 Å². The van der Waals surface area contributed by atoms with Gasteiger partial charge >= 0.3 is 5.97 Å². The maximum Gasteiger partial charge on any atom is 0.304 e. The largest absolute Gasteiger partial charge is 0.481 e. The zero-order valence-corrected chi connectivity index (χ0v) is 6.97. The van der Waals surface area contributed by atoms with E-state index < -0.39 is 5.97 Å². The van der Waals surface area contributed by atoms with Crippen molar-refractivity contribution in [3.05, 3.63) is 0 Å². The van der Waals surface area contributed by atoms with Crippen LogP contribution in [-0.4, -0.2) is 22.6 Å². The van der Waals surface area contributed by atoms with Gasteiger partial charge in [0.1, 0.15) is 6.29 Å². The smallest absolute Gasteiger partial charge is 0.304 e. The number of carbonyl (C=O) groups is 2. The predicted octanol–water partition coefficient (Wildman–Crippen LogP) is 0.985. The zero-order valence-electron chi connectivity index (χ0n) is 6.07. The van der Waals surface area contributed by atoms with Crippen LogP contribution < -0.4 is 0 Å². The average Bonchev–Trinajstić information content (AvgIpc) is 1.62. The van der Waals surface area contributed by atoms with Gasteiger partial charge in [-0.25, -0.2) is 0 Å². The summed E-state index contributed by atoms with van der Waals surface area (Å²) >= 11 is 3.86. The monoisotopic (exact) mass is 164 g/mol. The summed E-state index contributed by atoms with van der Waals surface area (Å²) in [5.74, 6) is -0.789. The van der Waals surface area contributed by atoms with Crippen molar-refractivity contribution in [2.75, 3.05) is 0 Å². The fourth-order valence-corrected chi connectivity index (χ4v) is 0.409. The molecular weight excluding hydrogens is 152 g/mol. The molecule has 0 aliphatic carbocycles. The van der Waals surface area contributed by atoms with Crippen LogP contribution in [0.4, 0.5) is 0 Å². The summed E-state index contributed by atoms with van der Waals surface area (Å²) in [5.41, 5.74) is 0. The molecule has 0 heterocycles. The Bertz CT molecular complexity index is 101. The SMILES string of the molecule is CC(S)CC(=O)O.CC=O. The molecule has 0 aliphatic heterocycles. The molecule has 0 aliphatic rings. The van der Waals surface area contributed by atoms with Gasteiger partial charge in [-0.2, -0.15) is 12.6 Å². The topological polar surface area (TPSA) is 54.4 Å². The molecule has 0 saturated carbocycles. The summed E-state index contributed by atoms with van der Waals surface area (Å²) in [6.07, 6.45) is 0.892. The number of hydrogen-bond acceptors (Lipinski definition) is 3. The van der Waals surface area contributed by atoms with Crippen LogP contribution in [0.2, 0.25) is 0 Å². The van der Waals surface area contributed by atoms with Crippen LogP contribution in [0.25, 0.3) is 0 Å². The molecule has 0 radical (unpaired) electrons. The average molecular weight is 164 g/mol. The van der Waals surface area contributed by atoms with Crippen LogP contribution in [0, 0.1) is 0 Å². The minimum atomic E-state index is -0.789. The summed E-state index contributed by atoms with van der Waals surface area (Å²) in [4.78, 5) is 18.6. The second kappa shape index (κ2) is 8.49. The Kier molecular flexibility index (Phi) is 10.4. The van der Waals surface area contributed by atoms with Gasteiger partial charge in [0, 0.05) is 5.25 Å². The number of aldehydes is 1. The zero-order chi connectivity index (χ0) is 8.57. The number of thiol groups is 1. The van der Waals surface area contributed by atoms with Crippen molar-refractivity contribution < 1.29 is 14.7 Å². The highest BCUT2D eigenvalue weighted by Crippen LogP contribution is 1.96. The molecule has 0 saturated heterocycles. The molecule has 0 aromatic heterocycles. The van der Waals surface area contributed by atoms with Crippen LogP contribution in [-0.2, 0) is 9.59 Å². The standard InChI is InChI=1S/C4H8O2S.C2H4O/c1-3(7)2-4(5)6;1-2-3/h3,7H,2H2,1H3,(H,5,6);2H,1H3. The normalized spacial score (nSPS) is 10.7. The highest BCUT2D eigenvalue weighted by molar-refractivity contribution is 7.80. The Balaban J connectivity index is 0. The molecule has 4 heteroatoms. The van der Waals surface area contributed by atoms with Crippen molar-refractivity contribution in [2.45, 2.75) is 25.5 Å². The Labute approximate surface area is 65.8 Å². The number of aliphatic carboxylic acids is 1. The molecular formula is C6H12O3S. The Hall–Kier alpha value is -0.510. The summed E-state index contributed by atoms with van der Waals surface area (Å²) in [6.45, 7) is 3.19. The second-order valence-electron chi connectivity index (χ2n) is 1.68. The first kappa shape index (κ1) is 12.2. The quantitative estimate of drug-likeness (QED) is 0.472. The molecule has 10 heavy (non-hydrogen) atoms. The molecule has 60 valence electrons. The van der Waals surface area contributed by atoms with Crippen molar-refractivity contribution in [3.8, 4) is 0 Å². The van der Waals surface area contributed by atoms with Gasteiger partial charge in [-0.15, -0.1) is 0 Å². The molecule has 1 N–H and O–H groups in total. The highest BCUT2D eigenvalue weighted by Gasteiger charge is 1.99. The number of rotatable bonds is 2. The first-order valence-corrected chi connectivity index (χ1v) is 3.35. The molecule has 0 aromatic rings. The number of carboxylic acid groups (broad SMARTS) is 1. The third-order valence-electron chi connectivity index (χ3n) is 0.470. The summed E-state index contributed by atoms with van der Waals surface area (Å²) < 4.78 is 0. The van der Waals surface area contributed by atoms with E-state index in [9.17, 15) is 4.79 Å². The second-order valence-corrected chi connectivity index (χ2v) is 2.56. The van der Waals surface area contributed by atoms with E-state index in [2.05, 4.69) is 12.6 Å². The first-order chi connectivity index (χ1) is 4.54. The fourth-order valence-electron chi connectivity index (χ4n) is 0.253. The molecule has 0 bridgehead atoms. The minimum Gasteiger partial charge on any atom is -0.481 e. The van der Waals surface area contributed by atoms with Gasteiger partial charge in [-0.1, -0.05) is 6.92 Å². The van der Waals surface area contributed by atoms with E-state index in [0.29, 0.717) is 0 Å². The van der Waals surface area contributed by atoms with Gasteiger partial charge in [-0.3, -0.25) is 4.79 Å². The van der Waals surface area contributed by atoms with Gasteiger partial charge < -0.3 is 9.90 Å². The number of carbonyl (C=O) groups excluding carboxylic acids is 1. The van der Waals surface area contributed by atoms with E-state index in [4.69, 9.17) is 9.90 Å². The van der Waals surface area contributed by atoms with Gasteiger partial charge in [0.2, 0.25) is 0 Å². The third-order valence-corrected chi connectivity index (χ3v) is 0.653. The van der Waals surface area contributed by atoms with Gasteiger partial charge in [0.15, 0.2) is 0 Å². The lowest BCUT2D eigenvalue weighted by atomic mass is 10.3. The lowest BCUT2D eigenvalue weighted by molar-refractivity contribution is -0.136. The molecule has 1 unspecified atom stereocenters. The summed E-state index contributed by atoms with van der Waals surface area (Å²) in [7, 11) is 0. The van der Waals surface area contributed by atoms with Gasteiger partial charge in [0.25, 0.3) is 0 Å². The van der Waals surface area contributed by atoms with Crippen molar-refractivity contribution in [1.82, 2.24) is 0 Å². The van der Waals surface area contributed by atoms with E-state index in [-0.39, 0.29) is 11.7 Å². The van der Waals surface area contributed by atoms with Crippen molar-refractivity contribution >= 4 is 24.9 Å². The molecule has 1 atom stereocenters. The van der Waals surface area contributed by atoms with Crippen molar-refractivity contribution in [1.29, 1.82) is 0 Å². The van der Waals surface area contributed by atoms with Crippen LogP contribution in [0.1, 0.15) is 20.3 Å². The van der Waals surface area contributed by atoms with E-state index in [1.165, 1.54) is 6.92 Å². The Morgan fingerprint density at radius 2 is 2.10 bits per heavy atom. The maximum atomic E-state index is 9.76. The molecule has 0 fully saturated rings. The van der Waals surface area contributed by atoms with Gasteiger partial charge in [0.05, 0.1) is 6.42 Å². The highest BCUT2D eigenvalue weighted by atomic mass is 32.1. The first-order valence-electron chi connectivity index (χ1n) is 2.84. The fraction of sp³-hybridized carbons (Fsp3) is 0.667. The molecule has 0 rings (SSSR count). The molecule has 0 aromatic carbocycles. The van der Waals surface area contributed by atoms with Crippen LogP contribution >= 0.6 is 12.6 Å². The summed E-state index contributed by atoms with van der Waals surface area (Å²) in [5, 5.41) is 8.00. The summed E-state index contributed by atoms with van der Waals surface area (Å²) in [6, 6.07) is 0. The van der Waals surface area contributed by atoms with Crippen molar-refractivity contribution in [3.63, 3.8) is 0 Å². The van der Waals surface area contributed by atoms with Crippen LogP contribution in [0.3, 0.4) is 0 Å². The number of hydrogen-bond donors (Lipinski definition) is 2. The lowest BCUT2D eigenvalue weighted by Crippen LogP contribution is -2.01. The van der Waals surface area contributed by atoms with Crippen molar-refractivity contribution in [2.24, 2.45) is 0 Å². The minimum absolute atomic E-state index is 0.0301. The molecule has 0 amide bonds. The maximum absolute atomic E-state index is 9.76.